The van der Waals surface area contributed by atoms with Crippen molar-refractivity contribution in [1.82, 2.24) is 9.88 Å². The molecule has 1 aromatic heterocycles. The number of thiazole rings is 1. The van der Waals surface area contributed by atoms with Gasteiger partial charge in [-0.25, -0.2) is 9.78 Å². The Morgan fingerprint density at radius 2 is 2.00 bits per heavy atom. The van der Waals surface area contributed by atoms with E-state index in [4.69, 9.17) is 14.2 Å². The van der Waals surface area contributed by atoms with Crippen molar-refractivity contribution < 1.29 is 23.8 Å². The first-order valence-electron chi connectivity index (χ1n) is 9.83. The van der Waals surface area contributed by atoms with Crippen LogP contribution in [0.2, 0.25) is 0 Å². The minimum absolute atomic E-state index is 0.141. The summed E-state index contributed by atoms with van der Waals surface area (Å²) >= 11 is 1.35. The fourth-order valence-corrected chi connectivity index (χ4v) is 4.39. The molecule has 1 N–H and O–H groups in total. The Hall–Kier alpha value is -3.17. The van der Waals surface area contributed by atoms with Crippen molar-refractivity contribution in [2.45, 2.75) is 25.2 Å². The summed E-state index contributed by atoms with van der Waals surface area (Å²) in [5, 5.41) is 3.30. The number of anilines is 1. The van der Waals surface area contributed by atoms with Crippen LogP contribution in [0.4, 0.5) is 9.93 Å². The first kappa shape index (κ1) is 21.1. The number of amides is 2. The van der Waals surface area contributed by atoms with Gasteiger partial charge in [0.2, 0.25) is 5.91 Å². The van der Waals surface area contributed by atoms with Crippen LogP contribution in [0.3, 0.4) is 0 Å². The van der Waals surface area contributed by atoms with Gasteiger partial charge in [-0.3, -0.25) is 9.69 Å². The van der Waals surface area contributed by atoms with E-state index in [1.165, 1.54) is 16.2 Å². The summed E-state index contributed by atoms with van der Waals surface area (Å²) in [4.78, 5) is 31.6. The molecule has 0 radical (unpaired) electrons. The topological polar surface area (TPSA) is 90.0 Å². The number of ether oxygens (including phenoxy) is 3. The number of benzene rings is 2. The molecule has 8 nitrogen and oxygen atoms in total. The van der Waals surface area contributed by atoms with Crippen LogP contribution in [-0.2, 0) is 20.9 Å². The summed E-state index contributed by atoms with van der Waals surface area (Å²) in [7, 11) is 3.17. The summed E-state index contributed by atoms with van der Waals surface area (Å²) in [6, 6.07) is 14.2. The minimum atomic E-state index is -0.699. The van der Waals surface area contributed by atoms with E-state index in [1.54, 1.807) is 14.2 Å². The van der Waals surface area contributed by atoms with Crippen LogP contribution in [0.15, 0.2) is 48.5 Å². The number of rotatable bonds is 6. The van der Waals surface area contributed by atoms with Gasteiger partial charge >= 0.3 is 6.09 Å². The Morgan fingerprint density at radius 1 is 1.19 bits per heavy atom. The number of hydrogen-bond acceptors (Lipinski definition) is 7. The molecule has 1 aliphatic rings. The number of methoxy groups -OCH3 is 2. The van der Waals surface area contributed by atoms with Crippen molar-refractivity contribution >= 4 is 38.7 Å². The maximum absolute atomic E-state index is 13.0. The van der Waals surface area contributed by atoms with Crippen LogP contribution in [0.1, 0.15) is 12.0 Å². The normalized spacial score (nSPS) is 18.2. The molecule has 2 aromatic carbocycles. The molecule has 1 fully saturated rings. The van der Waals surface area contributed by atoms with Gasteiger partial charge in [-0.2, -0.15) is 0 Å². The molecular formula is C22H23N3O5S. The van der Waals surface area contributed by atoms with Gasteiger partial charge < -0.3 is 19.5 Å². The molecule has 2 atom stereocenters. The molecule has 3 aromatic rings. The number of nitrogens with one attached hydrogen (secondary N) is 1. The lowest BCUT2D eigenvalue weighted by atomic mass is 10.2. The second-order valence-corrected chi connectivity index (χ2v) is 8.17. The Kier molecular flexibility index (Phi) is 6.34. The summed E-state index contributed by atoms with van der Waals surface area (Å²) in [5.74, 6) is 0.405. The fourth-order valence-electron chi connectivity index (χ4n) is 3.49. The molecule has 0 unspecified atom stereocenters. The van der Waals surface area contributed by atoms with E-state index >= 15 is 0 Å². The molecule has 31 heavy (non-hydrogen) atoms. The van der Waals surface area contributed by atoms with Crippen molar-refractivity contribution in [3.8, 4) is 5.75 Å². The first-order valence-corrected chi connectivity index (χ1v) is 10.6. The number of carbonyl (C=O) groups is 2. The van der Waals surface area contributed by atoms with E-state index in [0.29, 0.717) is 18.1 Å². The van der Waals surface area contributed by atoms with Crippen LogP contribution < -0.4 is 10.1 Å². The van der Waals surface area contributed by atoms with E-state index in [1.807, 2.05) is 48.5 Å². The second kappa shape index (κ2) is 9.32. The summed E-state index contributed by atoms with van der Waals surface area (Å²) in [5.41, 5.74) is 1.64. The highest BCUT2D eigenvalue weighted by Crippen LogP contribution is 2.30. The van der Waals surface area contributed by atoms with E-state index in [0.717, 1.165) is 21.5 Å². The number of nitrogens with zero attached hydrogens (tertiary/aromatic N) is 2. The zero-order chi connectivity index (χ0) is 21.8. The lowest BCUT2D eigenvalue weighted by Crippen LogP contribution is -2.43. The van der Waals surface area contributed by atoms with Gasteiger partial charge in [0.15, 0.2) is 5.13 Å². The minimum Gasteiger partial charge on any atom is -0.497 e. The maximum atomic E-state index is 13.0. The molecular weight excluding hydrogens is 418 g/mol. The number of likely N-dealkylation sites (tertiary alicyclic amines) is 1. The smallest absolute Gasteiger partial charge is 0.410 e. The lowest BCUT2D eigenvalue weighted by Gasteiger charge is -2.22. The third-order valence-corrected chi connectivity index (χ3v) is 6.10. The van der Waals surface area contributed by atoms with Gasteiger partial charge in [-0.1, -0.05) is 41.7 Å². The zero-order valence-corrected chi connectivity index (χ0v) is 18.1. The number of hydrogen-bond donors (Lipinski definition) is 1. The second-order valence-electron chi connectivity index (χ2n) is 7.14. The van der Waals surface area contributed by atoms with Crippen LogP contribution in [-0.4, -0.2) is 54.8 Å². The number of carbonyl (C=O) groups excluding carboxylic acids is 2. The van der Waals surface area contributed by atoms with Crippen molar-refractivity contribution in [3.05, 3.63) is 54.1 Å². The number of fused-ring (bicyclic) bond motifs is 1. The summed E-state index contributed by atoms with van der Waals surface area (Å²) in [6.07, 6.45) is -0.390. The Morgan fingerprint density at radius 3 is 2.74 bits per heavy atom. The van der Waals surface area contributed by atoms with Crippen LogP contribution >= 0.6 is 11.3 Å². The third-order valence-electron chi connectivity index (χ3n) is 5.16. The predicted octanol–water partition coefficient (Wildman–Crippen LogP) is 3.67. The molecule has 1 aliphatic heterocycles. The third kappa shape index (κ3) is 4.78. The van der Waals surface area contributed by atoms with Crippen LogP contribution in [0, 0.1) is 0 Å². The fraction of sp³-hybridized carbons (Fsp3) is 0.318. The van der Waals surface area contributed by atoms with Crippen molar-refractivity contribution in [3.63, 3.8) is 0 Å². The van der Waals surface area contributed by atoms with Gasteiger partial charge in [0.05, 0.1) is 30.0 Å². The highest BCUT2D eigenvalue weighted by Gasteiger charge is 2.41. The lowest BCUT2D eigenvalue weighted by molar-refractivity contribution is -0.120. The SMILES string of the molecule is COc1ccc2nc(NC(=O)[C@H]3C[C@@H](OC)CN3C(=O)OCc3ccccc3)sc2c1. The molecule has 2 heterocycles. The first-order chi connectivity index (χ1) is 15.1. The molecule has 9 heteroatoms. The highest BCUT2D eigenvalue weighted by atomic mass is 32.1. The van der Waals surface area contributed by atoms with Crippen LogP contribution in [0.25, 0.3) is 10.2 Å². The predicted molar refractivity (Wildman–Crippen MR) is 117 cm³/mol. The standard InChI is InChI=1S/C22H23N3O5S/c1-28-15-8-9-17-19(11-15)31-21(23-17)24-20(26)18-10-16(29-2)12-25(18)22(27)30-13-14-6-4-3-5-7-14/h3-9,11,16,18H,10,12-13H2,1-2H3,(H,23,24,26)/t16-,18-/m1/s1. The monoisotopic (exact) mass is 441 g/mol. The quantitative estimate of drug-likeness (QED) is 0.628. The zero-order valence-electron chi connectivity index (χ0n) is 17.2. The maximum Gasteiger partial charge on any atom is 0.410 e. The Bertz CT molecular complexity index is 1070. The molecule has 2 amide bonds. The largest absolute Gasteiger partial charge is 0.497 e. The van der Waals surface area contributed by atoms with Crippen molar-refractivity contribution in [2.24, 2.45) is 0 Å². The average Bonchev–Trinajstić information content (AvgIpc) is 3.41. The summed E-state index contributed by atoms with van der Waals surface area (Å²) < 4.78 is 17.0. The van der Waals surface area contributed by atoms with E-state index in [9.17, 15) is 9.59 Å². The molecule has 4 rings (SSSR count). The van der Waals surface area contributed by atoms with E-state index < -0.39 is 12.1 Å². The molecule has 0 aliphatic carbocycles. The van der Waals surface area contributed by atoms with Gasteiger partial charge in [0, 0.05) is 13.5 Å². The van der Waals surface area contributed by atoms with Crippen molar-refractivity contribution in [1.29, 1.82) is 0 Å². The van der Waals surface area contributed by atoms with Gasteiger partial charge in [0.1, 0.15) is 18.4 Å². The Balaban J connectivity index is 1.45. The van der Waals surface area contributed by atoms with Crippen molar-refractivity contribution in [2.75, 3.05) is 26.1 Å². The van der Waals surface area contributed by atoms with E-state index in [2.05, 4.69) is 10.3 Å². The number of aromatic nitrogens is 1. The molecule has 0 saturated carbocycles. The Labute approximate surface area is 183 Å². The summed E-state index contributed by atoms with van der Waals surface area (Å²) in [6.45, 7) is 0.432. The molecule has 0 spiro atoms. The average molecular weight is 442 g/mol. The van der Waals surface area contributed by atoms with Gasteiger partial charge in [-0.05, 0) is 23.8 Å². The van der Waals surface area contributed by atoms with Gasteiger partial charge in [0.25, 0.3) is 0 Å². The molecule has 1 saturated heterocycles. The molecule has 162 valence electrons. The highest BCUT2D eigenvalue weighted by molar-refractivity contribution is 7.22. The molecule has 0 bridgehead atoms. The van der Waals surface area contributed by atoms with E-state index in [-0.39, 0.29) is 18.6 Å². The van der Waals surface area contributed by atoms with Gasteiger partial charge in [-0.15, -0.1) is 0 Å². The van der Waals surface area contributed by atoms with Crippen LogP contribution in [0.5, 0.6) is 5.75 Å².